The van der Waals surface area contributed by atoms with E-state index in [2.05, 4.69) is 15.6 Å². The van der Waals surface area contributed by atoms with Gasteiger partial charge in [-0.15, -0.1) is 23.7 Å². The quantitative estimate of drug-likeness (QED) is 0.585. The van der Waals surface area contributed by atoms with Gasteiger partial charge in [-0.1, -0.05) is 0 Å². The first-order chi connectivity index (χ1) is 13.8. The summed E-state index contributed by atoms with van der Waals surface area (Å²) in [5, 5.41) is 5.50. The van der Waals surface area contributed by atoms with E-state index in [1.807, 2.05) is 6.07 Å². The van der Waals surface area contributed by atoms with E-state index < -0.39 is 23.9 Å². The Morgan fingerprint density at radius 1 is 1.17 bits per heavy atom. The van der Waals surface area contributed by atoms with Crippen LogP contribution in [0.3, 0.4) is 0 Å². The van der Waals surface area contributed by atoms with E-state index in [0.29, 0.717) is 24.1 Å². The Labute approximate surface area is 183 Å². The summed E-state index contributed by atoms with van der Waals surface area (Å²) in [5.41, 5.74) is 5.77. The van der Waals surface area contributed by atoms with Gasteiger partial charge in [-0.3, -0.25) is 24.2 Å². The van der Waals surface area contributed by atoms with Crippen LogP contribution in [0.2, 0.25) is 0 Å². The van der Waals surface area contributed by atoms with Gasteiger partial charge in [0.15, 0.2) is 0 Å². The molecule has 3 rings (SSSR count). The Morgan fingerprint density at radius 3 is 2.53 bits per heavy atom. The van der Waals surface area contributed by atoms with Crippen molar-refractivity contribution < 1.29 is 19.2 Å². The number of nitrogens with two attached hydrogens (primary N) is 1. The molecule has 162 valence electrons. The number of hydrogen-bond donors (Lipinski definition) is 3. The zero-order valence-corrected chi connectivity index (χ0v) is 18.2. The lowest BCUT2D eigenvalue weighted by Gasteiger charge is -2.37. The highest BCUT2D eigenvalue weighted by atomic mass is 35.5. The van der Waals surface area contributed by atoms with Crippen LogP contribution in [0.15, 0.2) is 24.4 Å². The van der Waals surface area contributed by atoms with Gasteiger partial charge in [-0.25, -0.2) is 0 Å². The Balaban J connectivity index is 0.00000320. The largest absolute Gasteiger partial charge is 0.361 e. The first-order valence-corrected chi connectivity index (χ1v) is 10.0. The molecule has 2 heterocycles. The maximum atomic E-state index is 12.8. The van der Waals surface area contributed by atoms with Crippen LogP contribution < -0.4 is 16.4 Å². The number of carbonyl (C=O) groups is 4. The molecule has 4 amide bonds. The van der Waals surface area contributed by atoms with Crippen molar-refractivity contribution in [1.82, 2.24) is 20.5 Å². The highest BCUT2D eigenvalue weighted by Crippen LogP contribution is 2.28. The van der Waals surface area contributed by atoms with Crippen molar-refractivity contribution in [3.8, 4) is 0 Å². The zero-order valence-electron chi connectivity index (χ0n) is 16.6. The third-order valence-corrected chi connectivity index (χ3v) is 6.10. The molecule has 0 aliphatic heterocycles. The van der Waals surface area contributed by atoms with E-state index in [9.17, 15) is 19.2 Å². The van der Waals surface area contributed by atoms with E-state index >= 15 is 0 Å². The van der Waals surface area contributed by atoms with Crippen LogP contribution in [0.4, 0.5) is 0 Å². The van der Waals surface area contributed by atoms with E-state index in [0.717, 1.165) is 10.2 Å². The molecule has 0 aromatic carbocycles. The average molecular weight is 454 g/mol. The second-order valence-corrected chi connectivity index (χ2v) is 8.35. The molecule has 4 N–H and O–H groups in total. The molecule has 2 aromatic rings. The van der Waals surface area contributed by atoms with Crippen molar-refractivity contribution in [3.63, 3.8) is 0 Å². The summed E-state index contributed by atoms with van der Waals surface area (Å²) in [5.74, 6) is -2.61. The van der Waals surface area contributed by atoms with E-state index in [4.69, 9.17) is 5.73 Å². The van der Waals surface area contributed by atoms with Crippen LogP contribution in [0.5, 0.6) is 0 Å². The third-order valence-electron chi connectivity index (χ3n) is 5.01. The number of hydrogen-bond acceptors (Lipinski definition) is 6. The number of nitrogens with zero attached hydrogens (tertiary/aromatic N) is 2. The number of amides is 4. The van der Waals surface area contributed by atoms with E-state index in [1.165, 1.54) is 16.2 Å². The minimum Gasteiger partial charge on any atom is -0.361 e. The lowest BCUT2D eigenvalue weighted by Crippen LogP contribution is -2.57. The maximum absolute atomic E-state index is 12.8. The molecule has 1 aliphatic rings. The molecule has 0 radical (unpaired) electrons. The van der Waals surface area contributed by atoms with Crippen LogP contribution in [0.25, 0.3) is 10.2 Å². The fraction of sp³-hybridized carbons (Fsp3) is 0.421. The fourth-order valence-corrected chi connectivity index (χ4v) is 4.47. The van der Waals surface area contributed by atoms with Gasteiger partial charge >= 0.3 is 11.8 Å². The topological polar surface area (TPSA) is 134 Å². The number of aromatic nitrogens is 1. The number of halogens is 1. The molecule has 0 bridgehead atoms. The molecule has 1 fully saturated rings. The first kappa shape index (κ1) is 23.6. The van der Waals surface area contributed by atoms with Crippen molar-refractivity contribution in [3.05, 3.63) is 29.3 Å². The van der Waals surface area contributed by atoms with Gasteiger partial charge in [-0.2, -0.15) is 0 Å². The number of carbonyl (C=O) groups excluding carboxylic acids is 4. The molecule has 1 saturated carbocycles. The standard InChI is InChI=1S/C19H23N5O4S.ClH/c1-24(2)19(28)10-5-6-11(22-18(27)16(20)25)12(8-10)23-17(26)15-9-13-14(29-15)4-3-7-21-13;/h3-4,7,9-12H,5-6,8H2,1-2H3,(H2,20,25)(H,22,27)(H,23,26);1H/t10-,11-,12+;/m0./s1. The fourth-order valence-electron chi connectivity index (χ4n) is 3.55. The van der Waals surface area contributed by atoms with Crippen molar-refractivity contribution in [2.75, 3.05) is 14.1 Å². The molecule has 0 spiro atoms. The summed E-state index contributed by atoms with van der Waals surface area (Å²) < 4.78 is 0.889. The van der Waals surface area contributed by atoms with Crippen molar-refractivity contribution in [2.24, 2.45) is 11.7 Å². The first-order valence-electron chi connectivity index (χ1n) is 9.23. The Kier molecular flexibility index (Phi) is 7.74. The molecule has 2 aromatic heterocycles. The number of nitrogens with one attached hydrogen (secondary N) is 2. The van der Waals surface area contributed by atoms with Crippen LogP contribution in [0, 0.1) is 5.92 Å². The van der Waals surface area contributed by atoms with Gasteiger partial charge in [0.1, 0.15) is 0 Å². The van der Waals surface area contributed by atoms with Crippen molar-refractivity contribution in [2.45, 2.75) is 31.3 Å². The smallest absolute Gasteiger partial charge is 0.309 e. The van der Waals surface area contributed by atoms with Crippen molar-refractivity contribution >= 4 is 57.6 Å². The summed E-state index contributed by atoms with van der Waals surface area (Å²) in [7, 11) is 3.36. The van der Waals surface area contributed by atoms with Crippen LogP contribution in [-0.4, -0.2) is 59.7 Å². The van der Waals surface area contributed by atoms with Gasteiger partial charge in [-0.05, 0) is 37.5 Å². The molecule has 30 heavy (non-hydrogen) atoms. The van der Waals surface area contributed by atoms with Gasteiger partial charge in [0.25, 0.3) is 5.91 Å². The van der Waals surface area contributed by atoms with Crippen LogP contribution in [0.1, 0.15) is 28.9 Å². The SMILES string of the molecule is CN(C)C(=O)[C@H]1CC[C@H](NC(=O)C(N)=O)[C@H](NC(=O)c2cc3ncccc3s2)C1.Cl. The number of thiophene rings is 1. The molecule has 9 nitrogen and oxygen atoms in total. The normalized spacial score (nSPS) is 20.7. The van der Waals surface area contributed by atoms with Crippen LogP contribution in [-0.2, 0) is 14.4 Å². The summed E-state index contributed by atoms with van der Waals surface area (Å²) in [6.45, 7) is 0. The third kappa shape index (κ3) is 5.25. The predicted molar refractivity (Wildman–Crippen MR) is 115 cm³/mol. The molecule has 3 atom stereocenters. The summed E-state index contributed by atoms with van der Waals surface area (Å²) in [4.78, 5) is 54.4. The Hall–Kier alpha value is -2.72. The summed E-state index contributed by atoms with van der Waals surface area (Å²) in [6.07, 6.45) is 3.00. The van der Waals surface area contributed by atoms with Gasteiger partial charge in [0.05, 0.1) is 21.1 Å². The zero-order chi connectivity index (χ0) is 21.1. The molecule has 0 unspecified atom stereocenters. The number of pyridine rings is 1. The minimum atomic E-state index is -1.09. The van der Waals surface area contributed by atoms with Crippen molar-refractivity contribution in [1.29, 1.82) is 0 Å². The van der Waals surface area contributed by atoms with Crippen LogP contribution >= 0.6 is 23.7 Å². The monoisotopic (exact) mass is 453 g/mol. The minimum absolute atomic E-state index is 0. The van der Waals surface area contributed by atoms with Gasteiger partial charge in [0, 0.05) is 32.3 Å². The number of primary amides is 1. The molecule has 1 aliphatic carbocycles. The molecule has 11 heteroatoms. The lowest BCUT2D eigenvalue weighted by atomic mass is 9.81. The highest BCUT2D eigenvalue weighted by molar-refractivity contribution is 7.20. The van der Waals surface area contributed by atoms with E-state index in [1.54, 1.807) is 32.4 Å². The molecular weight excluding hydrogens is 430 g/mol. The second kappa shape index (κ2) is 9.86. The summed E-state index contributed by atoms with van der Waals surface area (Å²) in [6, 6.07) is 4.39. The van der Waals surface area contributed by atoms with Gasteiger partial charge in [0.2, 0.25) is 5.91 Å². The van der Waals surface area contributed by atoms with E-state index in [-0.39, 0.29) is 30.1 Å². The average Bonchev–Trinajstić information content (AvgIpc) is 3.12. The second-order valence-electron chi connectivity index (χ2n) is 7.26. The lowest BCUT2D eigenvalue weighted by molar-refractivity contribution is -0.138. The molecular formula is C19H24ClN5O4S. The van der Waals surface area contributed by atoms with Gasteiger partial charge < -0.3 is 21.3 Å². The highest BCUT2D eigenvalue weighted by Gasteiger charge is 2.37. The number of rotatable bonds is 4. The maximum Gasteiger partial charge on any atom is 0.309 e. The Morgan fingerprint density at radius 2 is 1.90 bits per heavy atom. The molecule has 0 saturated heterocycles. The Bertz CT molecular complexity index is 930. The summed E-state index contributed by atoms with van der Waals surface area (Å²) >= 11 is 1.31. The predicted octanol–water partition coefficient (Wildman–Crippen LogP) is 0.675. The number of fused-ring (bicyclic) bond motifs is 1.